The lowest BCUT2D eigenvalue weighted by Gasteiger charge is -2.05. The number of esters is 1. The van der Waals surface area contributed by atoms with Gasteiger partial charge in [0.2, 0.25) is 0 Å². The number of aromatic nitrogens is 3. The Kier molecular flexibility index (Phi) is 4.88. The summed E-state index contributed by atoms with van der Waals surface area (Å²) in [6, 6.07) is 9.92. The summed E-state index contributed by atoms with van der Waals surface area (Å²) in [5.41, 5.74) is 2.64. The summed E-state index contributed by atoms with van der Waals surface area (Å²) in [4.78, 5) is 16.1. The minimum absolute atomic E-state index is 0.207. The highest BCUT2D eigenvalue weighted by Gasteiger charge is 2.16. The van der Waals surface area contributed by atoms with Crippen LogP contribution in [-0.4, -0.2) is 33.5 Å². The molecule has 2 heterocycles. The van der Waals surface area contributed by atoms with E-state index in [2.05, 4.69) is 15.2 Å². The summed E-state index contributed by atoms with van der Waals surface area (Å²) >= 11 is 2.90. The molecule has 0 spiro atoms. The minimum Gasteiger partial charge on any atom is -0.465 e. The lowest BCUT2D eigenvalue weighted by atomic mass is 10.1. The lowest BCUT2D eigenvalue weighted by Crippen LogP contribution is -2.07. The molecule has 3 rings (SSSR count). The number of benzene rings is 1. The van der Waals surface area contributed by atoms with Gasteiger partial charge in [-0.15, -0.1) is 21.5 Å². The molecule has 5 nitrogen and oxygen atoms in total. The predicted molar refractivity (Wildman–Crippen MR) is 92.7 cm³/mol. The van der Waals surface area contributed by atoms with E-state index in [0.29, 0.717) is 11.6 Å². The van der Waals surface area contributed by atoms with Crippen LogP contribution in [0.25, 0.3) is 21.5 Å². The number of nitrogens with zero attached hydrogens (tertiary/aromatic N) is 3. The number of carbonyl (C=O) groups excluding carboxylic acids is 1. The number of hydrogen-bond donors (Lipinski definition) is 0. The Labute approximate surface area is 142 Å². The SMILES string of the molecule is CCOC(=O)CSc1nnc(-c2ccccc2)c2sc(C)nc12. The number of thiazole rings is 1. The van der Waals surface area contributed by atoms with Gasteiger partial charge in [0.25, 0.3) is 0 Å². The van der Waals surface area contributed by atoms with Gasteiger partial charge in [0.05, 0.1) is 22.1 Å². The summed E-state index contributed by atoms with van der Waals surface area (Å²) in [6.07, 6.45) is 0. The van der Waals surface area contributed by atoms with Gasteiger partial charge < -0.3 is 4.74 Å². The minimum atomic E-state index is -0.258. The molecule has 0 saturated carbocycles. The van der Waals surface area contributed by atoms with Crippen LogP contribution in [0.4, 0.5) is 0 Å². The summed E-state index contributed by atoms with van der Waals surface area (Å²) in [6.45, 7) is 4.13. The van der Waals surface area contributed by atoms with Gasteiger partial charge in [0.15, 0.2) is 0 Å². The summed E-state index contributed by atoms with van der Waals surface area (Å²) in [7, 11) is 0. The standard InChI is InChI=1S/C16H15N3O2S2/c1-3-21-12(20)9-22-16-14-15(23-10(2)17-14)13(18-19-16)11-7-5-4-6-8-11/h4-8H,3,9H2,1-2H3. The van der Waals surface area contributed by atoms with Crippen molar-refractivity contribution in [3.63, 3.8) is 0 Å². The normalized spacial score (nSPS) is 10.9. The van der Waals surface area contributed by atoms with Gasteiger partial charge >= 0.3 is 5.97 Å². The van der Waals surface area contributed by atoms with Gasteiger partial charge in [-0.25, -0.2) is 4.98 Å². The largest absolute Gasteiger partial charge is 0.465 e. The fourth-order valence-electron chi connectivity index (χ4n) is 2.13. The van der Waals surface area contributed by atoms with Crippen molar-refractivity contribution in [2.24, 2.45) is 0 Å². The van der Waals surface area contributed by atoms with E-state index in [1.807, 2.05) is 37.3 Å². The van der Waals surface area contributed by atoms with E-state index in [4.69, 9.17) is 4.74 Å². The van der Waals surface area contributed by atoms with Crippen molar-refractivity contribution in [3.05, 3.63) is 35.3 Å². The molecule has 0 saturated heterocycles. The third kappa shape index (κ3) is 3.51. The maximum atomic E-state index is 11.5. The molecule has 0 radical (unpaired) electrons. The van der Waals surface area contributed by atoms with Crippen molar-refractivity contribution in [2.75, 3.05) is 12.4 Å². The van der Waals surface area contributed by atoms with Crippen LogP contribution in [0.2, 0.25) is 0 Å². The van der Waals surface area contributed by atoms with Crippen molar-refractivity contribution >= 4 is 39.3 Å². The molecule has 0 aliphatic rings. The quantitative estimate of drug-likeness (QED) is 0.519. The van der Waals surface area contributed by atoms with Crippen LogP contribution in [0.15, 0.2) is 35.4 Å². The summed E-state index contributed by atoms with van der Waals surface area (Å²) < 4.78 is 5.94. The van der Waals surface area contributed by atoms with E-state index in [0.717, 1.165) is 26.5 Å². The molecule has 118 valence electrons. The highest BCUT2D eigenvalue weighted by molar-refractivity contribution is 8.00. The molecule has 23 heavy (non-hydrogen) atoms. The molecular formula is C16H15N3O2S2. The Morgan fingerprint density at radius 3 is 2.78 bits per heavy atom. The Hall–Kier alpha value is -1.99. The molecule has 0 atom stereocenters. The van der Waals surface area contributed by atoms with Crippen LogP contribution in [0, 0.1) is 6.92 Å². The van der Waals surface area contributed by atoms with Crippen molar-refractivity contribution in [1.29, 1.82) is 0 Å². The number of carbonyl (C=O) groups is 1. The number of rotatable bonds is 5. The second-order valence-electron chi connectivity index (χ2n) is 4.72. The zero-order valence-electron chi connectivity index (χ0n) is 12.8. The number of aryl methyl sites for hydroxylation is 1. The highest BCUT2D eigenvalue weighted by atomic mass is 32.2. The summed E-state index contributed by atoms with van der Waals surface area (Å²) in [5.74, 6) is -0.0506. The highest BCUT2D eigenvalue weighted by Crippen LogP contribution is 2.35. The van der Waals surface area contributed by atoms with Gasteiger partial charge in [-0.2, -0.15) is 0 Å². The van der Waals surface area contributed by atoms with Crippen molar-refractivity contribution in [1.82, 2.24) is 15.2 Å². The summed E-state index contributed by atoms with van der Waals surface area (Å²) in [5, 5.41) is 10.3. The zero-order chi connectivity index (χ0) is 16.2. The second kappa shape index (κ2) is 7.06. The number of ether oxygens (including phenoxy) is 1. The molecule has 0 fully saturated rings. The van der Waals surface area contributed by atoms with E-state index in [-0.39, 0.29) is 11.7 Å². The van der Waals surface area contributed by atoms with Crippen molar-refractivity contribution in [3.8, 4) is 11.3 Å². The van der Waals surface area contributed by atoms with Crippen LogP contribution in [0.1, 0.15) is 11.9 Å². The van der Waals surface area contributed by atoms with Crippen LogP contribution in [0.5, 0.6) is 0 Å². The number of thioether (sulfide) groups is 1. The first-order valence-corrected chi connectivity index (χ1v) is 8.97. The second-order valence-corrected chi connectivity index (χ2v) is 6.89. The van der Waals surface area contributed by atoms with Gasteiger partial charge in [-0.1, -0.05) is 42.1 Å². The topological polar surface area (TPSA) is 65.0 Å². The number of fused-ring (bicyclic) bond motifs is 1. The molecule has 0 unspecified atom stereocenters. The Morgan fingerprint density at radius 1 is 1.26 bits per heavy atom. The third-order valence-corrected chi connectivity index (χ3v) is 4.98. The third-order valence-electron chi connectivity index (χ3n) is 3.07. The molecule has 0 bridgehead atoms. The van der Waals surface area contributed by atoms with Crippen LogP contribution in [0.3, 0.4) is 0 Å². The first-order chi connectivity index (χ1) is 11.2. The Bertz CT molecular complexity index is 834. The smallest absolute Gasteiger partial charge is 0.316 e. The lowest BCUT2D eigenvalue weighted by molar-refractivity contribution is -0.139. The molecule has 0 aliphatic carbocycles. The Morgan fingerprint density at radius 2 is 2.04 bits per heavy atom. The van der Waals surface area contributed by atoms with Gasteiger partial charge in [-0.05, 0) is 13.8 Å². The molecule has 0 N–H and O–H groups in total. The molecule has 0 amide bonds. The van der Waals surface area contributed by atoms with Gasteiger partial charge in [0, 0.05) is 5.56 Å². The first kappa shape index (κ1) is 15.9. The first-order valence-electron chi connectivity index (χ1n) is 7.16. The average molecular weight is 345 g/mol. The average Bonchev–Trinajstić information content (AvgIpc) is 2.95. The van der Waals surface area contributed by atoms with Gasteiger partial charge in [-0.3, -0.25) is 4.79 Å². The molecule has 7 heteroatoms. The monoisotopic (exact) mass is 345 g/mol. The van der Waals surface area contributed by atoms with Crippen molar-refractivity contribution in [2.45, 2.75) is 18.9 Å². The van der Waals surface area contributed by atoms with E-state index >= 15 is 0 Å². The molecular weight excluding hydrogens is 330 g/mol. The molecule has 1 aromatic carbocycles. The van der Waals surface area contributed by atoms with Crippen LogP contribution in [-0.2, 0) is 9.53 Å². The van der Waals surface area contributed by atoms with Crippen LogP contribution >= 0.6 is 23.1 Å². The van der Waals surface area contributed by atoms with Gasteiger partial charge in [0.1, 0.15) is 16.2 Å². The predicted octanol–water partition coefficient (Wildman–Crippen LogP) is 3.72. The fraction of sp³-hybridized carbons (Fsp3) is 0.250. The van der Waals surface area contributed by atoms with Crippen LogP contribution < -0.4 is 0 Å². The fourth-order valence-corrected chi connectivity index (χ4v) is 3.84. The maximum absolute atomic E-state index is 11.5. The van der Waals surface area contributed by atoms with E-state index < -0.39 is 0 Å². The number of hydrogen-bond acceptors (Lipinski definition) is 7. The van der Waals surface area contributed by atoms with Crippen molar-refractivity contribution < 1.29 is 9.53 Å². The zero-order valence-corrected chi connectivity index (χ0v) is 14.4. The van der Waals surface area contributed by atoms with E-state index in [1.165, 1.54) is 11.8 Å². The molecule has 0 aliphatic heterocycles. The van der Waals surface area contributed by atoms with E-state index in [9.17, 15) is 4.79 Å². The van der Waals surface area contributed by atoms with E-state index in [1.54, 1.807) is 18.3 Å². The maximum Gasteiger partial charge on any atom is 0.316 e. The molecule has 2 aromatic heterocycles. The molecule has 3 aromatic rings. The Balaban J connectivity index is 1.98.